The van der Waals surface area contributed by atoms with E-state index in [0.29, 0.717) is 12.5 Å². The Hall–Kier alpha value is -0.990. The summed E-state index contributed by atoms with van der Waals surface area (Å²) in [5, 5.41) is 2.09. The van der Waals surface area contributed by atoms with Crippen molar-refractivity contribution >= 4 is 22.5 Å². The number of hydrogen-bond acceptors (Lipinski definition) is 1. The summed E-state index contributed by atoms with van der Waals surface area (Å²) in [5.41, 5.74) is 9.39. The van der Waals surface area contributed by atoms with Gasteiger partial charge in [-0.3, -0.25) is 0 Å². The van der Waals surface area contributed by atoms with Crippen LogP contribution in [0.15, 0.2) is 18.3 Å². The Balaban J connectivity index is 2.77. The molecule has 0 aliphatic carbocycles. The summed E-state index contributed by atoms with van der Waals surface area (Å²) in [4.78, 5) is 0. The molecule has 2 rings (SSSR count). The molecule has 0 saturated heterocycles. The molecule has 0 aliphatic heterocycles. The number of aryl methyl sites for hydroxylation is 2. The molecule has 0 spiro atoms. The second kappa shape index (κ2) is 4.11. The van der Waals surface area contributed by atoms with Gasteiger partial charge in [0.15, 0.2) is 0 Å². The van der Waals surface area contributed by atoms with Crippen molar-refractivity contribution in [3.63, 3.8) is 0 Å². The second-order valence-corrected chi connectivity index (χ2v) is 4.81. The number of hydrogen-bond donors (Lipinski definition) is 1. The maximum atomic E-state index is 6.14. The SMILES string of the molecule is Cc1c(Cl)ccc2c(C(C)CN)cn(C)c12. The van der Waals surface area contributed by atoms with Gasteiger partial charge in [0.2, 0.25) is 0 Å². The van der Waals surface area contributed by atoms with Crippen molar-refractivity contribution in [1.82, 2.24) is 4.57 Å². The quantitative estimate of drug-likeness (QED) is 0.853. The van der Waals surface area contributed by atoms with E-state index in [1.165, 1.54) is 16.5 Å². The lowest BCUT2D eigenvalue weighted by atomic mass is 10.00. The molecule has 1 atom stereocenters. The summed E-state index contributed by atoms with van der Waals surface area (Å²) in [5.74, 6) is 0.379. The smallest absolute Gasteiger partial charge is 0.0525 e. The Kier molecular flexibility index (Phi) is 2.96. The molecule has 86 valence electrons. The number of fused-ring (bicyclic) bond motifs is 1. The third kappa shape index (κ3) is 1.62. The molecule has 16 heavy (non-hydrogen) atoms. The molecule has 1 aromatic carbocycles. The van der Waals surface area contributed by atoms with Crippen molar-refractivity contribution in [3.05, 3.63) is 34.5 Å². The second-order valence-electron chi connectivity index (χ2n) is 4.40. The molecular weight excluding hydrogens is 220 g/mol. The maximum absolute atomic E-state index is 6.14. The Bertz CT molecular complexity index is 528. The van der Waals surface area contributed by atoms with E-state index >= 15 is 0 Å². The molecule has 0 radical (unpaired) electrons. The van der Waals surface area contributed by atoms with Crippen LogP contribution in [0.25, 0.3) is 10.9 Å². The monoisotopic (exact) mass is 236 g/mol. The third-order valence-electron chi connectivity index (χ3n) is 3.25. The molecule has 2 nitrogen and oxygen atoms in total. The number of nitrogens with zero attached hydrogens (tertiary/aromatic N) is 1. The zero-order valence-electron chi connectivity index (χ0n) is 9.92. The van der Waals surface area contributed by atoms with E-state index in [9.17, 15) is 0 Å². The van der Waals surface area contributed by atoms with Crippen LogP contribution in [0.5, 0.6) is 0 Å². The number of benzene rings is 1. The molecule has 0 aliphatic rings. The highest BCUT2D eigenvalue weighted by molar-refractivity contribution is 6.32. The number of halogens is 1. The molecule has 1 aromatic heterocycles. The topological polar surface area (TPSA) is 30.9 Å². The first-order chi connectivity index (χ1) is 7.56. The number of nitrogens with two attached hydrogens (primary N) is 1. The maximum Gasteiger partial charge on any atom is 0.0525 e. The van der Waals surface area contributed by atoms with E-state index in [-0.39, 0.29) is 0 Å². The van der Waals surface area contributed by atoms with Gasteiger partial charge in [0.1, 0.15) is 0 Å². The average Bonchev–Trinajstić information content (AvgIpc) is 2.61. The Morgan fingerprint density at radius 1 is 1.44 bits per heavy atom. The molecule has 0 bridgehead atoms. The van der Waals surface area contributed by atoms with Crippen LogP contribution < -0.4 is 5.73 Å². The van der Waals surface area contributed by atoms with E-state index in [2.05, 4.69) is 37.7 Å². The largest absolute Gasteiger partial charge is 0.350 e. The van der Waals surface area contributed by atoms with Gasteiger partial charge in [-0.25, -0.2) is 0 Å². The summed E-state index contributed by atoms with van der Waals surface area (Å²) < 4.78 is 2.14. The first-order valence-electron chi connectivity index (χ1n) is 5.50. The predicted molar refractivity (Wildman–Crippen MR) is 70.1 cm³/mol. The molecular formula is C13H17ClN2. The van der Waals surface area contributed by atoms with Gasteiger partial charge in [0.25, 0.3) is 0 Å². The van der Waals surface area contributed by atoms with Gasteiger partial charge in [-0.1, -0.05) is 24.6 Å². The molecule has 0 saturated carbocycles. The van der Waals surface area contributed by atoms with Crippen LogP contribution in [0.3, 0.4) is 0 Å². The highest BCUT2D eigenvalue weighted by Gasteiger charge is 2.14. The first kappa shape index (κ1) is 11.5. The molecule has 0 fully saturated rings. The molecule has 1 unspecified atom stereocenters. The van der Waals surface area contributed by atoms with Gasteiger partial charge in [0.05, 0.1) is 5.52 Å². The Morgan fingerprint density at radius 3 is 2.75 bits per heavy atom. The Morgan fingerprint density at radius 2 is 2.12 bits per heavy atom. The van der Waals surface area contributed by atoms with Crippen molar-refractivity contribution in [2.75, 3.05) is 6.54 Å². The van der Waals surface area contributed by atoms with Crippen molar-refractivity contribution in [3.8, 4) is 0 Å². The fraction of sp³-hybridized carbons (Fsp3) is 0.385. The lowest BCUT2D eigenvalue weighted by Crippen LogP contribution is -2.08. The standard InChI is InChI=1S/C13H17ClN2/c1-8(6-15)11-7-16(3)13-9(2)12(14)5-4-10(11)13/h4-5,7-8H,6,15H2,1-3H3. The van der Waals surface area contributed by atoms with Gasteiger partial charge in [-0.15, -0.1) is 0 Å². The van der Waals surface area contributed by atoms with Gasteiger partial charge < -0.3 is 10.3 Å². The fourth-order valence-corrected chi connectivity index (χ4v) is 2.38. The van der Waals surface area contributed by atoms with Gasteiger partial charge >= 0.3 is 0 Å². The number of rotatable bonds is 2. The lowest BCUT2D eigenvalue weighted by molar-refractivity contribution is 0.774. The van der Waals surface area contributed by atoms with Gasteiger partial charge in [-0.05, 0) is 36.6 Å². The summed E-state index contributed by atoms with van der Waals surface area (Å²) >= 11 is 6.14. The van der Waals surface area contributed by atoms with Crippen LogP contribution >= 0.6 is 11.6 Å². The minimum absolute atomic E-state index is 0.379. The summed E-state index contributed by atoms with van der Waals surface area (Å²) in [7, 11) is 2.05. The Labute approximate surface area is 101 Å². The highest BCUT2D eigenvalue weighted by atomic mass is 35.5. The van der Waals surface area contributed by atoms with Crippen molar-refractivity contribution in [2.45, 2.75) is 19.8 Å². The first-order valence-corrected chi connectivity index (χ1v) is 5.88. The van der Waals surface area contributed by atoms with E-state index in [0.717, 1.165) is 10.6 Å². The van der Waals surface area contributed by atoms with Gasteiger partial charge in [0, 0.05) is 23.7 Å². The van der Waals surface area contributed by atoms with E-state index in [1.807, 2.05) is 6.07 Å². The molecule has 2 aromatic rings. The zero-order chi connectivity index (χ0) is 11.9. The fourth-order valence-electron chi connectivity index (χ4n) is 2.23. The van der Waals surface area contributed by atoms with Crippen molar-refractivity contribution in [2.24, 2.45) is 12.8 Å². The summed E-state index contributed by atoms with van der Waals surface area (Å²) in [6.07, 6.45) is 2.16. The molecule has 2 N–H and O–H groups in total. The predicted octanol–water partition coefficient (Wildman–Crippen LogP) is 3.20. The average molecular weight is 237 g/mol. The van der Waals surface area contributed by atoms with E-state index < -0.39 is 0 Å². The minimum Gasteiger partial charge on any atom is -0.350 e. The summed E-state index contributed by atoms with van der Waals surface area (Å²) in [6, 6.07) is 4.05. The van der Waals surface area contributed by atoms with Gasteiger partial charge in [-0.2, -0.15) is 0 Å². The molecule has 1 heterocycles. The van der Waals surface area contributed by atoms with Crippen LogP contribution in [0.2, 0.25) is 5.02 Å². The van der Waals surface area contributed by atoms with Crippen LogP contribution in [0, 0.1) is 6.92 Å². The van der Waals surface area contributed by atoms with Crippen molar-refractivity contribution in [1.29, 1.82) is 0 Å². The normalized spacial score (nSPS) is 13.3. The minimum atomic E-state index is 0.379. The van der Waals surface area contributed by atoms with E-state index in [4.69, 9.17) is 17.3 Å². The van der Waals surface area contributed by atoms with E-state index in [1.54, 1.807) is 0 Å². The van der Waals surface area contributed by atoms with Crippen molar-refractivity contribution < 1.29 is 0 Å². The third-order valence-corrected chi connectivity index (χ3v) is 3.66. The number of aromatic nitrogens is 1. The molecule has 3 heteroatoms. The van der Waals surface area contributed by atoms with Crippen LogP contribution in [-0.4, -0.2) is 11.1 Å². The van der Waals surface area contributed by atoms with Crippen LogP contribution in [0.1, 0.15) is 24.0 Å². The lowest BCUT2D eigenvalue weighted by Gasteiger charge is -2.07. The molecule has 0 amide bonds. The zero-order valence-corrected chi connectivity index (χ0v) is 10.7. The van der Waals surface area contributed by atoms with Crippen LogP contribution in [-0.2, 0) is 7.05 Å². The summed E-state index contributed by atoms with van der Waals surface area (Å²) in [6.45, 7) is 4.88. The van der Waals surface area contributed by atoms with Crippen LogP contribution in [0.4, 0.5) is 0 Å². The highest BCUT2D eigenvalue weighted by Crippen LogP contribution is 2.31.